The van der Waals surface area contributed by atoms with Gasteiger partial charge in [0.05, 0.1) is 0 Å². The van der Waals surface area contributed by atoms with Gasteiger partial charge in [0.2, 0.25) is 6.04 Å². The number of allylic oxidation sites excluding steroid dienone is 1. The minimum absolute atomic E-state index is 0.0584. The van der Waals surface area contributed by atoms with E-state index in [0.29, 0.717) is 11.8 Å². The summed E-state index contributed by atoms with van der Waals surface area (Å²) in [7, 11) is 0. The van der Waals surface area contributed by atoms with E-state index in [1.165, 1.54) is 12.8 Å². The highest BCUT2D eigenvalue weighted by Gasteiger charge is 2.42. The number of fused-ring (bicyclic) bond motifs is 1. The van der Waals surface area contributed by atoms with Gasteiger partial charge in [-0.25, -0.2) is 0 Å². The molecule has 1 fully saturated rings. The Labute approximate surface area is 84.3 Å². The van der Waals surface area contributed by atoms with Crippen LogP contribution in [0.15, 0.2) is 12.2 Å². The van der Waals surface area contributed by atoms with E-state index in [-0.39, 0.29) is 16.9 Å². The third-order valence-corrected chi connectivity index (χ3v) is 3.76. The van der Waals surface area contributed by atoms with Crippen molar-refractivity contribution in [3.8, 4) is 0 Å². The minimum Gasteiger partial charge on any atom is -0.264 e. The molecule has 78 valence electrons. The van der Waals surface area contributed by atoms with Crippen LogP contribution in [0.1, 0.15) is 32.6 Å². The molecule has 0 heterocycles. The van der Waals surface area contributed by atoms with E-state index in [2.05, 4.69) is 6.08 Å². The Bertz CT molecular complexity index is 262. The summed E-state index contributed by atoms with van der Waals surface area (Å²) in [5, 5.41) is 11.0. The lowest BCUT2D eigenvalue weighted by atomic mass is 9.69. The molecule has 0 aromatic rings. The number of rotatable bonds is 1. The van der Waals surface area contributed by atoms with E-state index in [1.807, 2.05) is 13.0 Å². The third-order valence-electron chi connectivity index (χ3n) is 3.76. The standard InChI is InChI=1S/C11H17NO2/c1-8-6-7-9-4-2-3-5-10(9)11(8)12(13)14/h6-11H,2-5H2,1H3/t8-,9+,10-,11-/m0/s1. The molecule has 0 saturated heterocycles. The van der Waals surface area contributed by atoms with Crippen LogP contribution in [0.25, 0.3) is 0 Å². The Morgan fingerprint density at radius 1 is 1.29 bits per heavy atom. The number of nitro groups is 1. The Kier molecular flexibility index (Phi) is 2.57. The van der Waals surface area contributed by atoms with Crippen LogP contribution >= 0.6 is 0 Å². The maximum atomic E-state index is 11.0. The van der Waals surface area contributed by atoms with Gasteiger partial charge in [-0.2, -0.15) is 0 Å². The van der Waals surface area contributed by atoms with Gasteiger partial charge < -0.3 is 0 Å². The van der Waals surface area contributed by atoms with E-state index in [9.17, 15) is 10.1 Å². The third kappa shape index (κ3) is 1.56. The summed E-state index contributed by atoms with van der Waals surface area (Å²) in [5.74, 6) is 0.901. The molecule has 1 saturated carbocycles. The van der Waals surface area contributed by atoms with Gasteiger partial charge in [0, 0.05) is 16.8 Å². The summed E-state index contributed by atoms with van der Waals surface area (Å²) >= 11 is 0. The highest BCUT2D eigenvalue weighted by Crippen LogP contribution is 2.40. The van der Waals surface area contributed by atoms with Crippen LogP contribution in [0, 0.1) is 27.9 Å². The summed E-state index contributed by atoms with van der Waals surface area (Å²) in [6, 6.07) is -0.328. The van der Waals surface area contributed by atoms with Crippen molar-refractivity contribution in [1.82, 2.24) is 0 Å². The van der Waals surface area contributed by atoms with Crippen LogP contribution in [-0.2, 0) is 0 Å². The first-order valence-electron chi connectivity index (χ1n) is 5.52. The maximum Gasteiger partial charge on any atom is 0.222 e. The van der Waals surface area contributed by atoms with Crippen LogP contribution in [0.5, 0.6) is 0 Å². The molecule has 3 nitrogen and oxygen atoms in total. The largest absolute Gasteiger partial charge is 0.264 e. The van der Waals surface area contributed by atoms with Gasteiger partial charge in [0.25, 0.3) is 0 Å². The lowest BCUT2D eigenvalue weighted by Crippen LogP contribution is -2.42. The topological polar surface area (TPSA) is 43.1 Å². The first-order chi connectivity index (χ1) is 6.70. The molecule has 2 aliphatic carbocycles. The van der Waals surface area contributed by atoms with E-state index < -0.39 is 0 Å². The van der Waals surface area contributed by atoms with Crippen LogP contribution in [0.2, 0.25) is 0 Å². The van der Waals surface area contributed by atoms with E-state index in [1.54, 1.807) is 0 Å². The molecule has 0 bridgehead atoms. The quantitative estimate of drug-likeness (QED) is 0.367. The predicted molar refractivity (Wildman–Crippen MR) is 54.5 cm³/mol. The second kappa shape index (κ2) is 3.71. The van der Waals surface area contributed by atoms with Crippen molar-refractivity contribution in [3.05, 3.63) is 22.3 Å². The van der Waals surface area contributed by atoms with E-state index in [4.69, 9.17) is 0 Å². The lowest BCUT2D eigenvalue weighted by Gasteiger charge is -2.36. The minimum atomic E-state index is -0.328. The average Bonchev–Trinajstić information content (AvgIpc) is 2.17. The SMILES string of the molecule is C[C@H]1C=C[C@H]2CCCC[C@@H]2[C@H]1[N+](=O)[O-]. The molecule has 0 aliphatic heterocycles. The molecular weight excluding hydrogens is 178 g/mol. The number of hydrogen-bond acceptors (Lipinski definition) is 2. The molecule has 0 aromatic carbocycles. The highest BCUT2D eigenvalue weighted by molar-refractivity contribution is 5.05. The molecule has 2 rings (SSSR count). The fraction of sp³-hybridized carbons (Fsp3) is 0.818. The predicted octanol–water partition coefficient (Wildman–Crippen LogP) is 2.64. The van der Waals surface area contributed by atoms with Crippen LogP contribution < -0.4 is 0 Å². The molecular formula is C11H17NO2. The number of hydrogen-bond donors (Lipinski definition) is 0. The van der Waals surface area contributed by atoms with E-state index in [0.717, 1.165) is 12.8 Å². The summed E-state index contributed by atoms with van der Waals surface area (Å²) < 4.78 is 0. The van der Waals surface area contributed by atoms with Crippen molar-refractivity contribution in [2.45, 2.75) is 38.6 Å². The van der Waals surface area contributed by atoms with Gasteiger partial charge in [-0.1, -0.05) is 31.9 Å². The zero-order chi connectivity index (χ0) is 10.1. The zero-order valence-corrected chi connectivity index (χ0v) is 8.56. The van der Waals surface area contributed by atoms with Crippen molar-refractivity contribution >= 4 is 0 Å². The van der Waals surface area contributed by atoms with Crippen LogP contribution in [0.3, 0.4) is 0 Å². The van der Waals surface area contributed by atoms with Gasteiger partial charge >= 0.3 is 0 Å². The molecule has 14 heavy (non-hydrogen) atoms. The maximum absolute atomic E-state index is 11.0. The van der Waals surface area contributed by atoms with Crippen LogP contribution in [0.4, 0.5) is 0 Å². The molecule has 2 aliphatic rings. The van der Waals surface area contributed by atoms with Crippen molar-refractivity contribution in [1.29, 1.82) is 0 Å². The summed E-state index contributed by atoms with van der Waals surface area (Å²) in [6.07, 6.45) is 8.87. The van der Waals surface area contributed by atoms with Gasteiger partial charge in [-0.3, -0.25) is 10.1 Å². The zero-order valence-electron chi connectivity index (χ0n) is 8.56. The Hall–Kier alpha value is -0.860. The van der Waals surface area contributed by atoms with Crippen molar-refractivity contribution < 1.29 is 4.92 Å². The van der Waals surface area contributed by atoms with Crippen LogP contribution in [-0.4, -0.2) is 11.0 Å². The molecule has 0 unspecified atom stereocenters. The van der Waals surface area contributed by atoms with Gasteiger partial charge in [0.1, 0.15) is 0 Å². The van der Waals surface area contributed by atoms with Gasteiger partial charge in [-0.05, 0) is 18.8 Å². The Morgan fingerprint density at radius 3 is 2.71 bits per heavy atom. The molecule has 4 atom stereocenters. The first kappa shape index (κ1) is 9.69. The molecule has 0 amide bonds. The monoisotopic (exact) mass is 195 g/mol. The molecule has 0 aromatic heterocycles. The van der Waals surface area contributed by atoms with Crippen molar-refractivity contribution in [3.63, 3.8) is 0 Å². The highest BCUT2D eigenvalue weighted by atomic mass is 16.6. The summed E-state index contributed by atoms with van der Waals surface area (Å²) in [6.45, 7) is 1.97. The average molecular weight is 195 g/mol. The fourth-order valence-corrected chi connectivity index (χ4v) is 3.02. The second-order valence-corrected chi connectivity index (χ2v) is 4.63. The molecule has 0 spiro atoms. The van der Waals surface area contributed by atoms with Gasteiger partial charge in [-0.15, -0.1) is 0 Å². The molecule has 3 heteroatoms. The molecule has 0 N–H and O–H groups in total. The van der Waals surface area contributed by atoms with Crippen molar-refractivity contribution in [2.75, 3.05) is 0 Å². The smallest absolute Gasteiger partial charge is 0.222 e. The van der Waals surface area contributed by atoms with E-state index >= 15 is 0 Å². The summed E-state index contributed by atoms with van der Waals surface area (Å²) in [5.41, 5.74) is 0. The normalized spacial score (nSPS) is 41.8. The second-order valence-electron chi connectivity index (χ2n) is 4.63. The Morgan fingerprint density at radius 2 is 2.00 bits per heavy atom. The fourth-order valence-electron chi connectivity index (χ4n) is 3.02. The molecule has 0 radical (unpaired) electrons. The summed E-state index contributed by atoms with van der Waals surface area (Å²) in [4.78, 5) is 10.9. The van der Waals surface area contributed by atoms with Gasteiger partial charge in [0.15, 0.2) is 0 Å². The first-order valence-corrected chi connectivity index (χ1v) is 5.52. The lowest BCUT2D eigenvalue weighted by molar-refractivity contribution is -0.542. The Balaban J connectivity index is 2.21. The van der Waals surface area contributed by atoms with Crippen molar-refractivity contribution in [2.24, 2.45) is 17.8 Å². The number of nitrogens with zero attached hydrogens (tertiary/aromatic N) is 1.